The molecule has 3 aromatic rings. The highest BCUT2D eigenvalue weighted by molar-refractivity contribution is 5.94. The van der Waals surface area contributed by atoms with E-state index in [-0.39, 0.29) is 24.4 Å². The number of aryl methyl sites for hydroxylation is 2. The number of tetrazole rings is 1. The number of nitrogens with one attached hydrogen (secondary N) is 2. The molecule has 1 saturated heterocycles. The molecule has 2 heterocycles. The lowest BCUT2D eigenvalue weighted by Gasteiger charge is -2.38. The van der Waals surface area contributed by atoms with E-state index in [1.807, 2.05) is 24.3 Å². The van der Waals surface area contributed by atoms with E-state index < -0.39 is 23.3 Å². The number of fused-ring (bicyclic) bond motifs is 2. The second-order valence-electron chi connectivity index (χ2n) is 11.4. The second kappa shape index (κ2) is 11.7. The molecule has 2 atom stereocenters. The van der Waals surface area contributed by atoms with Gasteiger partial charge in [0.1, 0.15) is 6.04 Å². The molecule has 218 valence electrons. The Kier molecular flexibility index (Phi) is 8.04. The topological polar surface area (TPSA) is 197 Å². The van der Waals surface area contributed by atoms with Crippen molar-refractivity contribution in [1.82, 2.24) is 30.8 Å². The molecule has 1 aromatic heterocycles. The number of aromatic amines is 1. The van der Waals surface area contributed by atoms with Crippen LogP contribution in [-0.2, 0) is 23.1 Å². The van der Waals surface area contributed by atoms with E-state index in [1.165, 1.54) is 0 Å². The van der Waals surface area contributed by atoms with Crippen molar-refractivity contribution in [2.75, 3.05) is 13.1 Å². The van der Waals surface area contributed by atoms with Gasteiger partial charge in [0, 0.05) is 23.7 Å². The zero-order chi connectivity index (χ0) is 30.0. The maximum absolute atomic E-state index is 13.2. The number of likely N-dealkylation sites (tertiary alicyclic amines) is 1. The molecule has 0 bridgehead atoms. The number of H-pyrrole nitrogens is 1. The lowest BCUT2D eigenvalue weighted by Crippen LogP contribution is -2.48. The van der Waals surface area contributed by atoms with Crippen molar-refractivity contribution in [3.05, 3.63) is 75.6 Å². The molecule has 0 saturated carbocycles. The van der Waals surface area contributed by atoms with Crippen LogP contribution < -0.4 is 16.8 Å². The number of rotatable bonds is 9. The third-order valence-corrected chi connectivity index (χ3v) is 8.66. The van der Waals surface area contributed by atoms with Crippen LogP contribution in [0, 0.1) is 17.2 Å². The average molecular weight is 570 g/mol. The van der Waals surface area contributed by atoms with E-state index >= 15 is 0 Å². The number of hydrogen-bond donors (Lipinski definition) is 4. The number of carbonyl (C=O) groups is 3. The fourth-order valence-corrected chi connectivity index (χ4v) is 6.44. The van der Waals surface area contributed by atoms with Crippen molar-refractivity contribution in [1.29, 1.82) is 5.26 Å². The molecular weight excluding hydrogens is 534 g/mol. The van der Waals surface area contributed by atoms with Gasteiger partial charge in [-0.15, -0.1) is 10.2 Å². The summed E-state index contributed by atoms with van der Waals surface area (Å²) in [7, 11) is 0. The van der Waals surface area contributed by atoms with Crippen LogP contribution in [0.2, 0.25) is 0 Å². The minimum atomic E-state index is -0.964. The summed E-state index contributed by atoms with van der Waals surface area (Å²) in [6.07, 6.45) is 3.09. The Morgan fingerprint density at radius 3 is 2.21 bits per heavy atom. The molecule has 6 N–H and O–H groups in total. The molecule has 5 rings (SSSR count). The van der Waals surface area contributed by atoms with Gasteiger partial charge in [0.2, 0.25) is 17.7 Å². The number of benzene rings is 2. The molecule has 3 amide bonds. The number of nitrogens with zero attached hydrogens (tertiary/aromatic N) is 5. The molecule has 0 spiro atoms. The highest BCUT2D eigenvalue weighted by Crippen LogP contribution is 2.47. The van der Waals surface area contributed by atoms with Gasteiger partial charge in [-0.25, -0.2) is 0 Å². The number of primary amides is 2. The standard InChI is InChI=1S/C30H35N9O3/c1-17(2)25(34-16-26(40)39-11-3-4-22(39)15-31)14-30(29-35-37-38-36-29)23-9-7-20(27(32)41)12-18(23)5-6-19-13-21(28(33)42)8-10-24(19)30/h7-10,12-13,17,22,25,34H,3-6,11,14,16H2,1-2H3,(H2,32,41)(H2,33,42)(H,35,36,37,38)/t22-,25+/m0/s1. The summed E-state index contributed by atoms with van der Waals surface area (Å²) in [6.45, 7) is 4.79. The molecular formula is C30H35N9O3. The molecule has 1 aliphatic carbocycles. The summed E-state index contributed by atoms with van der Waals surface area (Å²) in [5.74, 6) is -0.667. The van der Waals surface area contributed by atoms with E-state index in [9.17, 15) is 19.6 Å². The third-order valence-electron chi connectivity index (χ3n) is 8.66. The number of hydrogen-bond acceptors (Lipinski definition) is 8. The van der Waals surface area contributed by atoms with Gasteiger partial charge >= 0.3 is 0 Å². The number of nitriles is 1. The van der Waals surface area contributed by atoms with Crippen LogP contribution in [0.25, 0.3) is 0 Å². The third kappa shape index (κ3) is 5.23. The first-order chi connectivity index (χ1) is 20.1. The van der Waals surface area contributed by atoms with Crippen LogP contribution in [0.1, 0.15) is 81.9 Å². The minimum Gasteiger partial charge on any atom is -0.366 e. The first-order valence-electron chi connectivity index (χ1n) is 14.2. The number of amides is 3. The van der Waals surface area contributed by atoms with E-state index in [4.69, 9.17) is 11.5 Å². The van der Waals surface area contributed by atoms with Gasteiger partial charge in [-0.2, -0.15) is 10.5 Å². The Bertz CT molecular complexity index is 1480. The van der Waals surface area contributed by atoms with Gasteiger partial charge in [-0.1, -0.05) is 31.2 Å². The SMILES string of the molecule is CC(C)[C@@H](CC1(c2nn[nH]n2)c2ccc(C(N)=O)cc2CCc2cc(C(N)=O)ccc21)NCC(=O)N1CCC[C@H]1C#N. The van der Waals surface area contributed by atoms with Gasteiger partial charge < -0.3 is 21.7 Å². The van der Waals surface area contributed by atoms with E-state index in [0.29, 0.717) is 49.2 Å². The molecule has 1 fully saturated rings. The van der Waals surface area contributed by atoms with Crippen LogP contribution in [0.15, 0.2) is 36.4 Å². The molecule has 2 aliphatic rings. The van der Waals surface area contributed by atoms with Crippen molar-refractivity contribution in [2.45, 2.75) is 63.5 Å². The summed E-state index contributed by atoms with van der Waals surface area (Å²) in [6, 6.07) is 12.4. The molecule has 0 unspecified atom stereocenters. The highest BCUT2D eigenvalue weighted by Gasteiger charge is 2.46. The zero-order valence-corrected chi connectivity index (χ0v) is 23.8. The lowest BCUT2D eigenvalue weighted by molar-refractivity contribution is -0.130. The molecule has 0 radical (unpaired) electrons. The number of nitrogens with two attached hydrogens (primary N) is 2. The van der Waals surface area contributed by atoms with Crippen LogP contribution in [0.4, 0.5) is 0 Å². The molecule has 12 nitrogen and oxygen atoms in total. The summed E-state index contributed by atoms with van der Waals surface area (Å²) in [5, 5.41) is 28.5. The monoisotopic (exact) mass is 569 g/mol. The Morgan fingerprint density at radius 1 is 1.10 bits per heavy atom. The smallest absolute Gasteiger partial charge is 0.248 e. The van der Waals surface area contributed by atoms with Crippen LogP contribution >= 0.6 is 0 Å². The fourth-order valence-electron chi connectivity index (χ4n) is 6.44. The predicted octanol–water partition coefficient (Wildman–Crippen LogP) is 1.35. The molecule has 1 aliphatic heterocycles. The number of aromatic nitrogens is 4. The average Bonchev–Trinajstić information content (AvgIpc) is 3.67. The predicted molar refractivity (Wildman–Crippen MR) is 153 cm³/mol. The van der Waals surface area contributed by atoms with Crippen molar-refractivity contribution in [3.63, 3.8) is 0 Å². The Morgan fingerprint density at radius 2 is 1.71 bits per heavy atom. The second-order valence-corrected chi connectivity index (χ2v) is 11.4. The molecule has 2 aromatic carbocycles. The van der Waals surface area contributed by atoms with Crippen molar-refractivity contribution < 1.29 is 14.4 Å². The van der Waals surface area contributed by atoms with Crippen molar-refractivity contribution in [2.24, 2.45) is 17.4 Å². The first-order valence-corrected chi connectivity index (χ1v) is 14.2. The van der Waals surface area contributed by atoms with Gasteiger partial charge in [0.15, 0.2) is 5.82 Å². The summed E-state index contributed by atoms with van der Waals surface area (Å²) >= 11 is 0. The Labute approximate surface area is 243 Å². The summed E-state index contributed by atoms with van der Waals surface area (Å²) < 4.78 is 0. The quantitative estimate of drug-likeness (QED) is 0.296. The largest absolute Gasteiger partial charge is 0.366 e. The van der Waals surface area contributed by atoms with Gasteiger partial charge in [0.05, 0.1) is 18.0 Å². The maximum Gasteiger partial charge on any atom is 0.248 e. The van der Waals surface area contributed by atoms with Crippen molar-refractivity contribution in [3.8, 4) is 6.07 Å². The summed E-state index contributed by atoms with van der Waals surface area (Å²) in [4.78, 5) is 39.1. The lowest BCUT2D eigenvalue weighted by atomic mass is 9.66. The summed E-state index contributed by atoms with van der Waals surface area (Å²) in [5.41, 5.74) is 14.7. The first kappa shape index (κ1) is 28.9. The fraction of sp³-hybridized carbons (Fsp3) is 0.433. The molecule has 12 heteroatoms. The van der Waals surface area contributed by atoms with E-state index in [0.717, 1.165) is 28.7 Å². The zero-order valence-electron chi connectivity index (χ0n) is 23.8. The Hall–Kier alpha value is -4.63. The van der Waals surface area contributed by atoms with Crippen molar-refractivity contribution >= 4 is 17.7 Å². The van der Waals surface area contributed by atoms with Crippen LogP contribution in [0.5, 0.6) is 0 Å². The van der Waals surface area contributed by atoms with Gasteiger partial charge in [-0.05, 0) is 84.5 Å². The van der Waals surface area contributed by atoms with E-state index in [2.05, 4.69) is 45.9 Å². The van der Waals surface area contributed by atoms with Gasteiger partial charge in [0.25, 0.3) is 0 Å². The van der Waals surface area contributed by atoms with Crippen LogP contribution in [0.3, 0.4) is 0 Å². The van der Waals surface area contributed by atoms with Crippen LogP contribution in [-0.4, -0.2) is 68.4 Å². The minimum absolute atomic E-state index is 0.0737. The maximum atomic E-state index is 13.2. The highest BCUT2D eigenvalue weighted by atomic mass is 16.2. The van der Waals surface area contributed by atoms with E-state index in [1.54, 1.807) is 17.0 Å². The normalized spacial score (nSPS) is 18.0. The Balaban J connectivity index is 1.64. The molecule has 42 heavy (non-hydrogen) atoms. The number of carbonyl (C=O) groups excluding carboxylic acids is 3. The van der Waals surface area contributed by atoms with Gasteiger partial charge in [-0.3, -0.25) is 14.4 Å².